The predicted octanol–water partition coefficient (Wildman–Crippen LogP) is 1.99. The molecule has 0 aliphatic heterocycles. The van der Waals surface area contributed by atoms with Crippen molar-refractivity contribution in [3.05, 3.63) is 12.2 Å². The van der Waals surface area contributed by atoms with E-state index < -0.39 is 0 Å². The molecule has 74 valence electrons. The number of hydrogen-bond donors (Lipinski definition) is 1. The number of allylic oxidation sites excluding steroid dienone is 2. The van der Waals surface area contributed by atoms with Gasteiger partial charge < -0.3 is 5.73 Å². The first-order valence-electron chi connectivity index (χ1n) is 4.50. The van der Waals surface area contributed by atoms with Crippen LogP contribution in [0.15, 0.2) is 22.1 Å². The highest BCUT2D eigenvalue weighted by molar-refractivity contribution is 6.01. The molecule has 0 amide bonds. The van der Waals surface area contributed by atoms with Crippen LogP contribution in [0.2, 0.25) is 0 Å². The van der Waals surface area contributed by atoms with Gasteiger partial charge in [0.05, 0.1) is 0 Å². The zero-order chi connectivity index (χ0) is 10.3. The molecule has 0 aromatic carbocycles. The molecule has 0 rings (SSSR count). The lowest BCUT2D eigenvalue weighted by Crippen LogP contribution is -2.09. The van der Waals surface area contributed by atoms with E-state index >= 15 is 0 Å². The zero-order valence-corrected chi connectivity index (χ0v) is 8.91. The fourth-order valence-electron chi connectivity index (χ4n) is 0.779. The molecule has 0 aliphatic rings. The van der Waals surface area contributed by atoms with Gasteiger partial charge in [0.15, 0.2) is 0 Å². The second-order valence-corrected chi connectivity index (χ2v) is 3.37. The van der Waals surface area contributed by atoms with Crippen LogP contribution in [-0.2, 0) is 0 Å². The first kappa shape index (κ1) is 11.9. The Morgan fingerprint density at radius 3 is 2.54 bits per heavy atom. The predicted molar refractivity (Wildman–Crippen MR) is 59.3 cm³/mol. The third kappa shape index (κ3) is 7.25. The van der Waals surface area contributed by atoms with E-state index in [-0.39, 0.29) is 0 Å². The van der Waals surface area contributed by atoms with Crippen molar-refractivity contribution in [2.24, 2.45) is 21.6 Å². The van der Waals surface area contributed by atoms with Crippen molar-refractivity contribution in [3.63, 3.8) is 0 Å². The Balaban J connectivity index is 4.06. The van der Waals surface area contributed by atoms with Crippen molar-refractivity contribution in [2.45, 2.75) is 27.2 Å². The number of aliphatic imine (C=N–C) groups is 2. The molecule has 0 heterocycles. The summed E-state index contributed by atoms with van der Waals surface area (Å²) >= 11 is 0. The minimum absolute atomic E-state index is 0.326. The van der Waals surface area contributed by atoms with Gasteiger partial charge in [-0.3, -0.25) is 4.99 Å². The van der Waals surface area contributed by atoms with Gasteiger partial charge >= 0.3 is 0 Å². The maximum atomic E-state index is 5.43. The molecular weight excluding hydrogens is 162 g/mol. The van der Waals surface area contributed by atoms with Gasteiger partial charge in [0.2, 0.25) is 5.96 Å². The van der Waals surface area contributed by atoms with Gasteiger partial charge in [-0.1, -0.05) is 19.9 Å². The van der Waals surface area contributed by atoms with E-state index in [1.807, 2.05) is 13.0 Å². The SMILES string of the molecule is CN=C(N)N=C(C)/C=C/CC(C)C. The number of nitrogens with two attached hydrogens (primary N) is 1. The lowest BCUT2D eigenvalue weighted by molar-refractivity contribution is 0.664. The third-order valence-electron chi connectivity index (χ3n) is 1.49. The van der Waals surface area contributed by atoms with Crippen molar-refractivity contribution in [1.29, 1.82) is 0 Å². The first-order chi connectivity index (χ1) is 6.06. The van der Waals surface area contributed by atoms with Gasteiger partial charge in [-0.2, -0.15) is 0 Å². The van der Waals surface area contributed by atoms with Crippen LogP contribution < -0.4 is 5.73 Å². The molecule has 0 fully saturated rings. The van der Waals surface area contributed by atoms with Crippen molar-refractivity contribution in [2.75, 3.05) is 7.05 Å². The largest absolute Gasteiger partial charge is 0.368 e. The quantitative estimate of drug-likeness (QED) is 0.525. The molecule has 0 spiro atoms. The number of hydrogen-bond acceptors (Lipinski definition) is 1. The molecule has 3 heteroatoms. The van der Waals surface area contributed by atoms with E-state index in [2.05, 4.69) is 29.9 Å². The lowest BCUT2D eigenvalue weighted by atomic mass is 10.1. The minimum atomic E-state index is 0.326. The highest BCUT2D eigenvalue weighted by Crippen LogP contribution is 1.99. The van der Waals surface area contributed by atoms with Gasteiger partial charge in [0.25, 0.3) is 0 Å². The maximum absolute atomic E-state index is 5.43. The molecule has 13 heavy (non-hydrogen) atoms. The lowest BCUT2D eigenvalue weighted by Gasteiger charge is -1.96. The molecule has 0 aliphatic carbocycles. The topological polar surface area (TPSA) is 50.7 Å². The summed E-state index contributed by atoms with van der Waals surface area (Å²) < 4.78 is 0. The number of guanidine groups is 1. The molecular formula is C10H19N3. The van der Waals surface area contributed by atoms with Crippen LogP contribution in [0.4, 0.5) is 0 Å². The summed E-state index contributed by atoms with van der Waals surface area (Å²) in [5.41, 5.74) is 6.33. The van der Waals surface area contributed by atoms with E-state index in [4.69, 9.17) is 5.73 Å². The van der Waals surface area contributed by atoms with Crippen LogP contribution in [0.3, 0.4) is 0 Å². The Hall–Kier alpha value is -1.12. The summed E-state index contributed by atoms with van der Waals surface area (Å²) in [4.78, 5) is 7.79. The average Bonchev–Trinajstić information content (AvgIpc) is 2.03. The molecule has 0 radical (unpaired) electrons. The van der Waals surface area contributed by atoms with Crippen molar-refractivity contribution >= 4 is 11.7 Å². The van der Waals surface area contributed by atoms with Gasteiger partial charge in [-0.05, 0) is 25.3 Å². The zero-order valence-electron chi connectivity index (χ0n) is 8.91. The number of rotatable bonds is 3. The maximum Gasteiger partial charge on any atom is 0.215 e. The van der Waals surface area contributed by atoms with Crippen molar-refractivity contribution in [3.8, 4) is 0 Å². The molecule has 0 aromatic rings. The molecule has 2 N–H and O–H groups in total. The van der Waals surface area contributed by atoms with Crippen LogP contribution in [0.25, 0.3) is 0 Å². The third-order valence-corrected chi connectivity index (χ3v) is 1.49. The Morgan fingerprint density at radius 2 is 2.08 bits per heavy atom. The summed E-state index contributed by atoms with van der Waals surface area (Å²) in [5.74, 6) is 1.01. The Morgan fingerprint density at radius 1 is 1.46 bits per heavy atom. The fraction of sp³-hybridized carbons (Fsp3) is 0.600. The van der Waals surface area contributed by atoms with Gasteiger partial charge in [-0.15, -0.1) is 0 Å². The second kappa shape index (κ2) is 6.40. The molecule has 0 atom stereocenters. The van der Waals surface area contributed by atoms with E-state index in [1.165, 1.54) is 0 Å². The molecule has 0 aromatic heterocycles. The smallest absolute Gasteiger partial charge is 0.215 e. The molecule has 3 nitrogen and oxygen atoms in total. The Labute approximate surface area is 80.5 Å². The number of nitrogens with zero attached hydrogens (tertiary/aromatic N) is 2. The molecule has 0 unspecified atom stereocenters. The highest BCUT2D eigenvalue weighted by Gasteiger charge is 1.89. The summed E-state index contributed by atoms with van der Waals surface area (Å²) in [6.07, 6.45) is 5.14. The highest BCUT2D eigenvalue weighted by atomic mass is 15.0. The molecule has 0 bridgehead atoms. The summed E-state index contributed by atoms with van der Waals surface area (Å²) in [6, 6.07) is 0. The van der Waals surface area contributed by atoms with E-state index in [0.717, 1.165) is 12.1 Å². The van der Waals surface area contributed by atoms with Gasteiger partial charge in [0.1, 0.15) is 0 Å². The normalized spacial score (nSPS) is 14.5. The summed E-state index contributed by atoms with van der Waals surface area (Å²) in [5, 5.41) is 0. The average molecular weight is 181 g/mol. The van der Waals surface area contributed by atoms with E-state index in [0.29, 0.717) is 11.9 Å². The molecule has 0 saturated carbocycles. The summed E-state index contributed by atoms with van der Waals surface area (Å²) in [6.45, 7) is 6.27. The monoisotopic (exact) mass is 181 g/mol. The fourth-order valence-corrected chi connectivity index (χ4v) is 0.779. The van der Waals surface area contributed by atoms with Crippen LogP contribution in [0.1, 0.15) is 27.2 Å². The van der Waals surface area contributed by atoms with E-state index in [1.54, 1.807) is 7.05 Å². The van der Waals surface area contributed by atoms with Crippen LogP contribution in [0.5, 0.6) is 0 Å². The standard InChI is InChI=1S/C10H19N3/c1-8(2)6-5-7-9(3)13-10(11)12-4/h5,7-8H,6H2,1-4H3,(H2,11,12)/b7-5+,13-9?. The second-order valence-electron chi connectivity index (χ2n) is 3.37. The van der Waals surface area contributed by atoms with Crippen molar-refractivity contribution < 1.29 is 0 Å². The minimum Gasteiger partial charge on any atom is -0.368 e. The summed E-state index contributed by atoms with van der Waals surface area (Å²) in [7, 11) is 1.63. The Bertz CT molecular complexity index is 224. The molecule has 0 saturated heterocycles. The van der Waals surface area contributed by atoms with Gasteiger partial charge in [-0.25, -0.2) is 4.99 Å². The van der Waals surface area contributed by atoms with Gasteiger partial charge in [0, 0.05) is 12.8 Å². The van der Waals surface area contributed by atoms with Crippen molar-refractivity contribution in [1.82, 2.24) is 0 Å². The first-order valence-corrected chi connectivity index (χ1v) is 4.50. The van der Waals surface area contributed by atoms with Crippen LogP contribution in [-0.4, -0.2) is 18.7 Å². The van der Waals surface area contributed by atoms with Crippen LogP contribution >= 0.6 is 0 Å². The van der Waals surface area contributed by atoms with Crippen LogP contribution in [0, 0.1) is 5.92 Å². The van der Waals surface area contributed by atoms with E-state index in [9.17, 15) is 0 Å². The Kier molecular flexibility index (Phi) is 5.85.